The van der Waals surface area contributed by atoms with E-state index in [1.807, 2.05) is 59.2 Å². The molecule has 1 aromatic heterocycles. The van der Waals surface area contributed by atoms with Gasteiger partial charge >= 0.3 is 0 Å². The van der Waals surface area contributed by atoms with Gasteiger partial charge in [0, 0.05) is 10.7 Å². The van der Waals surface area contributed by atoms with Gasteiger partial charge in [-0.15, -0.1) is 10.2 Å². The quantitative estimate of drug-likeness (QED) is 0.281. The molecule has 35 heavy (non-hydrogen) atoms. The van der Waals surface area contributed by atoms with Crippen molar-refractivity contribution in [3.63, 3.8) is 0 Å². The third-order valence-electron chi connectivity index (χ3n) is 5.02. The van der Waals surface area contributed by atoms with Crippen LogP contribution in [0.2, 0.25) is 5.02 Å². The van der Waals surface area contributed by atoms with Crippen LogP contribution in [0.15, 0.2) is 78.0 Å². The van der Waals surface area contributed by atoms with Gasteiger partial charge < -0.3 is 20.1 Å². The molecule has 1 heterocycles. The summed E-state index contributed by atoms with van der Waals surface area (Å²) in [7, 11) is 3.19. The highest BCUT2D eigenvalue weighted by atomic mass is 35.5. The molecule has 0 atom stereocenters. The van der Waals surface area contributed by atoms with Crippen molar-refractivity contribution in [1.82, 2.24) is 14.8 Å². The Bertz CT molecular complexity index is 1300. The average Bonchev–Trinajstić information content (AvgIpc) is 3.29. The van der Waals surface area contributed by atoms with Gasteiger partial charge in [-0.05, 0) is 54.6 Å². The van der Waals surface area contributed by atoms with Crippen LogP contribution in [0.1, 0.15) is 5.82 Å². The van der Waals surface area contributed by atoms with Gasteiger partial charge in [0.05, 0.1) is 37.9 Å². The van der Waals surface area contributed by atoms with Crippen molar-refractivity contribution in [2.45, 2.75) is 11.7 Å². The molecule has 4 aromatic rings. The van der Waals surface area contributed by atoms with Crippen LogP contribution in [0.3, 0.4) is 0 Å². The molecule has 0 fully saturated rings. The second-order valence-corrected chi connectivity index (χ2v) is 8.71. The van der Waals surface area contributed by atoms with Crippen molar-refractivity contribution >= 4 is 40.6 Å². The molecule has 0 saturated carbocycles. The summed E-state index contributed by atoms with van der Waals surface area (Å²) < 4.78 is 12.4. The number of hydrogen-bond donors (Lipinski definition) is 2. The number of hydrogen-bond acceptors (Lipinski definition) is 7. The Kier molecular flexibility index (Phi) is 8.12. The first-order chi connectivity index (χ1) is 17.1. The number of carbonyl (C=O) groups excluding carboxylic acids is 1. The van der Waals surface area contributed by atoms with E-state index in [2.05, 4.69) is 20.8 Å². The molecule has 0 spiro atoms. The first-order valence-electron chi connectivity index (χ1n) is 10.7. The van der Waals surface area contributed by atoms with Gasteiger partial charge in [-0.3, -0.25) is 9.36 Å². The molecule has 180 valence electrons. The first-order valence-corrected chi connectivity index (χ1v) is 12.1. The minimum Gasteiger partial charge on any atom is -0.497 e. The van der Waals surface area contributed by atoms with Crippen molar-refractivity contribution < 1.29 is 14.3 Å². The van der Waals surface area contributed by atoms with Gasteiger partial charge in [-0.2, -0.15) is 0 Å². The number of methoxy groups -OCH3 is 2. The molecule has 0 aliphatic carbocycles. The molecular formula is C25H24ClN5O3S. The van der Waals surface area contributed by atoms with Gasteiger partial charge in [-0.1, -0.05) is 41.6 Å². The van der Waals surface area contributed by atoms with E-state index in [9.17, 15) is 4.79 Å². The molecular weight excluding hydrogens is 486 g/mol. The van der Waals surface area contributed by atoms with E-state index in [0.29, 0.717) is 34.0 Å². The molecule has 10 heteroatoms. The van der Waals surface area contributed by atoms with Crippen molar-refractivity contribution in [3.05, 3.63) is 83.6 Å². The maximum atomic E-state index is 12.6. The fraction of sp³-hybridized carbons (Fsp3) is 0.160. The largest absolute Gasteiger partial charge is 0.497 e. The lowest BCUT2D eigenvalue weighted by molar-refractivity contribution is -0.113. The van der Waals surface area contributed by atoms with Crippen molar-refractivity contribution in [2.24, 2.45) is 0 Å². The highest BCUT2D eigenvalue weighted by Gasteiger charge is 2.17. The van der Waals surface area contributed by atoms with Crippen molar-refractivity contribution in [3.8, 4) is 17.2 Å². The average molecular weight is 510 g/mol. The number of thioether (sulfide) groups is 1. The molecule has 3 aromatic carbocycles. The van der Waals surface area contributed by atoms with Crippen LogP contribution >= 0.6 is 23.4 Å². The highest BCUT2D eigenvalue weighted by molar-refractivity contribution is 7.99. The minimum absolute atomic E-state index is 0.142. The predicted octanol–water partition coefficient (Wildman–Crippen LogP) is 5.28. The zero-order valence-corrected chi connectivity index (χ0v) is 20.8. The number of halogens is 1. The Morgan fingerprint density at radius 3 is 2.54 bits per heavy atom. The summed E-state index contributed by atoms with van der Waals surface area (Å²) >= 11 is 7.53. The Balaban J connectivity index is 1.51. The first kappa shape index (κ1) is 24.4. The van der Waals surface area contributed by atoms with E-state index in [-0.39, 0.29) is 11.7 Å². The van der Waals surface area contributed by atoms with Crippen molar-refractivity contribution in [1.29, 1.82) is 0 Å². The van der Waals surface area contributed by atoms with Gasteiger partial charge in [0.25, 0.3) is 0 Å². The number of anilines is 2. The number of nitrogens with zero attached hydrogens (tertiary/aromatic N) is 3. The predicted molar refractivity (Wildman–Crippen MR) is 139 cm³/mol. The fourth-order valence-electron chi connectivity index (χ4n) is 3.34. The standard InChI is InChI=1S/C25H24ClN5O3S/c1-33-20-12-10-18(11-13-20)27-15-23-29-30-25(31(23)19-7-5-6-17(26)14-19)35-16-24(32)28-21-8-3-4-9-22(21)34-2/h3-14,27H,15-16H2,1-2H3,(H,28,32). The molecule has 1 amide bonds. The molecule has 0 saturated heterocycles. The number of amides is 1. The van der Waals surface area contributed by atoms with E-state index in [1.54, 1.807) is 32.4 Å². The van der Waals surface area contributed by atoms with Gasteiger partial charge in [-0.25, -0.2) is 0 Å². The summed E-state index contributed by atoms with van der Waals surface area (Å²) in [5.41, 5.74) is 2.33. The lowest BCUT2D eigenvalue weighted by Crippen LogP contribution is -2.15. The second kappa shape index (κ2) is 11.6. The highest BCUT2D eigenvalue weighted by Crippen LogP contribution is 2.27. The molecule has 0 aliphatic heterocycles. The lowest BCUT2D eigenvalue weighted by Gasteiger charge is -2.12. The summed E-state index contributed by atoms with van der Waals surface area (Å²) in [5.74, 6) is 2.01. The molecule has 0 radical (unpaired) electrons. The van der Waals surface area contributed by atoms with Crippen LogP contribution in [0.25, 0.3) is 5.69 Å². The van der Waals surface area contributed by atoms with E-state index < -0.39 is 0 Å². The fourth-order valence-corrected chi connectivity index (χ4v) is 4.29. The number of benzene rings is 3. The number of para-hydroxylation sites is 2. The smallest absolute Gasteiger partial charge is 0.234 e. The second-order valence-electron chi connectivity index (χ2n) is 7.33. The van der Waals surface area contributed by atoms with Crippen molar-refractivity contribution in [2.75, 3.05) is 30.6 Å². The molecule has 0 aliphatic rings. The van der Waals surface area contributed by atoms with Gasteiger partial charge in [0.2, 0.25) is 5.91 Å². The Labute approximate surface area is 212 Å². The Morgan fingerprint density at radius 2 is 1.80 bits per heavy atom. The van der Waals surface area contributed by atoms with E-state index in [4.69, 9.17) is 21.1 Å². The number of rotatable bonds is 10. The number of aromatic nitrogens is 3. The van der Waals surface area contributed by atoms with Gasteiger partial charge in [0.1, 0.15) is 11.5 Å². The van der Waals surface area contributed by atoms with Crippen LogP contribution in [0, 0.1) is 0 Å². The zero-order valence-electron chi connectivity index (χ0n) is 19.2. The molecule has 0 bridgehead atoms. The maximum Gasteiger partial charge on any atom is 0.234 e. The lowest BCUT2D eigenvalue weighted by atomic mass is 10.3. The topological polar surface area (TPSA) is 90.3 Å². The molecule has 0 unspecified atom stereocenters. The summed E-state index contributed by atoms with van der Waals surface area (Å²) in [4.78, 5) is 12.6. The van der Waals surface area contributed by atoms with Crippen LogP contribution < -0.4 is 20.1 Å². The van der Waals surface area contributed by atoms with Crippen LogP contribution in [0.5, 0.6) is 11.5 Å². The van der Waals surface area contributed by atoms with Crippen LogP contribution in [-0.2, 0) is 11.3 Å². The Morgan fingerprint density at radius 1 is 1.00 bits per heavy atom. The number of carbonyl (C=O) groups is 1. The third-order valence-corrected chi connectivity index (χ3v) is 6.18. The van der Waals surface area contributed by atoms with E-state index in [1.165, 1.54) is 11.8 Å². The summed E-state index contributed by atoms with van der Waals surface area (Å²) in [6.45, 7) is 0.416. The molecule has 4 rings (SSSR count). The molecule has 2 N–H and O–H groups in total. The monoisotopic (exact) mass is 509 g/mol. The summed E-state index contributed by atoms with van der Waals surface area (Å²) in [6, 6.07) is 22.3. The van der Waals surface area contributed by atoms with E-state index >= 15 is 0 Å². The SMILES string of the molecule is COc1ccc(NCc2nnc(SCC(=O)Nc3ccccc3OC)n2-c2cccc(Cl)c2)cc1. The number of nitrogens with one attached hydrogen (secondary N) is 2. The zero-order chi connectivity index (χ0) is 24.6. The summed E-state index contributed by atoms with van der Waals surface area (Å²) in [6.07, 6.45) is 0. The van der Waals surface area contributed by atoms with Crippen LogP contribution in [-0.4, -0.2) is 40.6 Å². The minimum atomic E-state index is -0.182. The maximum absolute atomic E-state index is 12.6. The summed E-state index contributed by atoms with van der Waals surface area (Å²) in [5, 5.41) is 16.1. The normalized spacial score (nSPS) is 10.6. The Hall–Kier alpha value is -3.69. The van der Waals surface area contributed by atoms with Gasteiger partial charge in [0.15, 0.2) is 11.0 Å². The number of ether oxygens (including phenoxy) is 2. The third kappa shape index (κ3) is 6.26. The molecule has 8 nitrogen and oxygen atoms in total. The van der Waals surface area contributed by atoms with E-state index in [0.717, 1.165) is 17.1 Å². The van der Waals surface area contributed by atoms with Crippen LogP contribution in [0.4, 0.5) is 11.4 Å².